The van der Waals surface area contributed by atoms with Crippen LogP contribution in [-0.2, 0) is 0 Å². The second-order valence-electron chi connectivity index (χ2n) is 7.33. The first-order valence-corrected chi connectivity index (χ1v) is 11.1. The Morgan fingerprint density at radius 3 is 2.26 bits per heavy atom. The summed E-state index contributed by atoms with van der Waals surface area (Å²) in [5.41, 5.74) is 3.23. The molecule has 31 heavy (non-hydrogen) atoms. The number of carbonyl (C=O) groups is 1. The highest BCUT2D eigenvalue weighted by Gasteiger charge is 2.11. The average molecular weight is 498 g/mol. The highest BCUT2D eigenvalue weighted by atomic mass is 79.9. The van der Waals surface area contributed by atoms with E-state index in [1.807, 2.05) is 54.6 Å². The molecular weight excluding hydrogens is 474 g/mol. The molecule has 7 heteroatoms. The fourth-order valence-electron chi connectivity index (χ4n) is 2.68. The van der Waals surface area contributed by atoms with Gasteiger partial charge in [0, 0.05) is 22.6 Å². The van der Waals surface area contributed by atoms with Crippen LogP contribution in [0.3, 0.4) is 0 Å². The first-order valence-electron chi connectivity index (χ1n) is 9.87. The van der Waals surface area contributed by atoms with E-state index in [4.69, 9.17) is 17.0 Å². The van der Waals surface area contributed by atoms with Crippen LogP contribution in [0.2, 0.25) is 0 Å². The molecular formula is C24H24BrN3O2S. The van der Waals surface area contributed by atoms with Crippen LogP contribution >= 0.6 is 28.1 Å². The largest absolute Gasteiger partial charge is 0.492 e. The highest BCUT2D eigenvalue weighted by Crippen LogP contribution is 2.26. The molecule has 0 aliphatic heterocycles. The number of hydrogen-bond donors (Lipinski definition) is 3. The van der Waals surface area contributed by atoms with Gasteiger partial charge in [-0.1, -0.05) is 32.0 Å². The minimum Gasteiger partial charge on any atom is -0.492 e. The van der Waals surface area contributed by atoms with Gasteiger partial charge in [0.1, 0.15) is 5.75 Å². The smallest absolute Gasteiger partial charge is 0.257 e. The predicted molar refractivity (Wildman–Crippen MR) is 134 cm³/mol. The first kappa shape index (κ1) is 22.8. The third-order valence-corrected chi connectivity index (χ3v) is 5.02. The summed E-state index contributed by atoms with van der Waals surface area (Å²) in [6, 6.07) is 22.8. The van der Waals surface area contributed by atoms with Crippen LogP contribution in [0.5, 0.6) is 5.75 Å². The lowest BCUT2D eigenvalue weighted by atomic mass is 10.2. The fourth-order valence-corrected chi connectivity index (χ4v) is 3.38. The molecule has 0 bridgehead atoms. The topological polar surface area (TPSA) is 62.4 Å². The van der Waals surface area contributed by atoms with Gasteiger partial charge in [0.2, 0.25) is 0 Å². The van der Waals surface area contributed by atoms with E-state index in [2.05, 4.69) is 45.7 Å². The third-order valence-electron chi connectivity index (χ3n) is 4.20. The molecule has 1 amide bonds. The molecule has 0 saturated carbocycles. The maximum absolute atomic E-state index is 12.5. The van der Waals surface area contributed by atoms with E-state index >= 15 is 0 Å². The summed E-state index contributed by atoms with van der Waals surface area (Å²) in [6.07, 6.45) is 0. The van der Waals surface area contributed by atoms with Crippen molar-refractivity contribution < 1.29 is 9.53 Å². The van der Waals surface area contributed by atoms with Crippen molar-refractivity contribution in [3.63, 3.8) is 0 Å². The molecule has 0 aliphatic carbocycles. The lowest BCUT2D eigenvalue weighted by molar-refractivity contribution is 0.0977. The summed E-state index contributed by atoms with van der Waals surface area (Å²) in [7, 11) is 0. The Hall–Kier alpha value is -2.90. The molecule has 3 aromatic carbocycles. The summed E-state index contributed by atoms with van der Waals surface area (Å²) >= 11 is 8.74. The van der Waals surface area contributed by atoms with Gasteiger partial charge in [0.15, 0.2) is 5.11 Å². The van der Waals surface area contributed by atoms with Gasteiger partial charge in [0.25, 0.3) is 5.91 Å². The minimum absolute atomic E-state index is 0.227. The second kappa shape index (κ2) is 10.9. The maximum atomic E-state index is 12.5. The zero-order chi connectivity index (χ0) is 22.2. The quantitative estimate of drug-likeness (QED) is 0.331. The van der Waals surface area contributed by atoms with Crippen molar-refractivity contribution >= 4 is 56.2 Å². The molecule has 0 aromatic heterocycles. The zero-order valence-corrected chi connectivity index (χ0v) is 19.7. The van der Waals surface area contributed by atoms with Gasteiger partial charge in [-0.05, 0) is 88.7 Å². The molecule has 5 nitrogen and oxygen atoms in total. The number of hydrogen-bond acceptors (Lipinski definition) is 4. The molecule has 3 aromatic rings. The molecule has 0 saturated heterocycles. The Bertz CT molecular complexity index is 1040. The Kier molecular flexibility index (Phi) is 8.03. The molecule has 160 valence electrons. The van der Waals surface area contributed by atoms with Gasteiger partial charge in [-0.25, -0.2) is 0 Å². The van der Waals surface area contributed by atoms with Gasteiger partial charge in [-0.15, -0.1) is 0 Å². The summed E-state index contributed by atoms with van der Waals surface area (Å²) < 4.78 is 6.44. The number of benzene rings is 3. The van der Waals surface area contributed by atoms with Crippen LogP contribution in [0.15, 0.2) is 77.3 Å². The molecule has 0 unspecified atom stereocenters. The van der Waals surface area contributed by atoms with Crippen LogP contribution in [0.1, 0.15) is 24.2 Å². The van der Waals surface area contributed by atoms with Crippen LogP contribution in [0, 0.1) is 5.92 Å². The van der Waals surface area contributed by atoms with Crippen molar-refractivity contribution in [3.8, 4) is 5.75 Å². The number of ether oxygens (including phenoxy) is 1. The summed E-state index contributed by atoms with van der Waals surface area (Å²) in [5.74, 6) is 0.827. The zero-order valence-electron chi connectivity index (χ0n) is 17.3. The van der Waals surface area contributed by atoms with Crippen LogP contribution in [-0.4, -0.2) is 17.6 Å². The van der Waals surface area contributed by atoms with Crippen molar-refractivity contribution in [2.45, 2.75) is 13.8 Å². The van der Waals surface area contributed by atoms with Gasteiger partial charge < -0.3 is 15.4 Å². The average Bonchev–Trinajstić information content (AvgIpc) is 2.74. The van der Waals surface area contributed by atoms with E-state index in [1.165, 1.54) is 0 Å². The molecule has 0 fully saturated rings. The van der Waals surface area contributed by atoms with Crippen molar-refractivity contribution in [1.29, 1.82) is 0 Å². The van der Waals surface area contributed by atoms with E-state index in [0.29, 0.717) is 23.8 Å². The number of amides is 1. The lowest BCUT2D eigenvalue weighted by Crippen LogP contribution is -2.34. The third kappa shape index (κ3) is 7.08. The number of carbonyl (C=O) groups excluding carboxylic acids is 1. The fraction of sp³-hybridized carbons (Fsp3) is 0.167. The number of thiocarbonyl (C=S) groups is 1. The van der Waals surface area contributed by atoms with Gasteiger partial charge >= 0.3 is 0 Å². The monoisotopic (exact) mass is 497 g/mol. The van der Waals surface area contributed by atoms with Crippen molar-refractivity contribution in [2.75, 3.05) is 17.2 Å². The van der Waals surface area contributed by atoms with Gasteiger partial charge in [-0.2, -0.15) is 0 Å². The normalized spacial score (nSPS) is 10.5. The lowest BCUT2D eigenvalue weighted by Gasteiger charge is -2.13. The Morgan fingerprint density at radius 1 is 0.968 bits per heavy atom. The molecule has 0 heterocycles. The minimum atomic E-state index is -0.295. The second-order valence-corrected chi connectivity index (χ2v) is 8.59. The SMILES string of the molecule is CC(C)COc1ccc(C(=O)NC(=S)Nc2ccc(Nc3ccccc3)cc2)cc1Br. The molecule has 0 aliphatic rings. The molecule has 3 N–H and O–H groups in total. The number of halogens is 1. The Morgan fingerprint density at radius 2 is 1.61 bits per heavy atom. The summed E-state index contributed by atoms with van der Waals surface area (Å²) in [5, 5.41) is 9.27. The van der Waals surface area contributed by atoms with E-state index in [-0.39, 0.29) is 11.0 Å². The predicted octanol–water partition coefficient (Wildman–Crippen LogP) is 6.35. The standard InChI is InChI=1S/C24H24BrN3O2S/c1-16(2)15-30-22-13-8-17(14-21(22)25)23(29)28-24(31)27-20-11-9-19(10-12-20)26-18-6-4-3-5-7-18/h3-14,16,26H,15H2,1-2H3,(H2,27,28,29,31). The van der Waals surface area contributed by atoms with E-state index in [9.17, 15) is 4.79 Å². The number of rotatable bonds is 7. The summed E-state index contributed by atoms with van der Waals surface area (Å²) in [4.78, 5) is 12.5. The number of anilines is 3. The first-order chi connectivity index (χ1) is 14.9. The number of nitrogens with one attached hydrogen (secondary N) is 3. The van der Waals surface area contributed by atoms with Gasteiger partial charge in [-0.3, -0.25) is 10.1 Å². The van der Waals surface area contributed by atoms with Crippen molar-refractivity contribution in [3.05, 3.63) is 82.8 Å². The Labute approximate surface area is 196 Å². The molecule has 0 atom stereocenters. The molecule has 0 spiro atoms. The van der Waals surface area contributed by atoms with Crippen LogP contribution in [0.25, 0.3) is 0 Å². The van der Waals surface area contributed by atoms with E-state index < -0.39 is 0 Å². The molecule has 0 radical (unpaired) electrons. The van der Waals surface area contributed by atoms with Gasteiger partial charge in [0.05, 0.1) is 11.1 Å². The van der Waals surface area contributed by atoms with Crippen LogP contribution < -0.4 is 20.7 Å². The molecule has 3 rings (SSSR count). The van der Waals surface area contributed by atoms with Crippen molar-refractivity contribution in [2.24, 2.45) is 5.92 Å². The van der Waals surface area contributed by atoms with E-state index in [0.717, 1.165) is 21.5 Å². The maximum Gasteiger partial charge on any atom is 0.257 e. The van der Waals surface area contributed by atoms with Crippen LogP contribution in [0.4, 0.5) is 17.1 Å². The van der Waals surface area contributed by atoms with E-state index in [1.54, 1.807) is 18.2 Å². The van der Waals surface area contributed by atoms with Crippen molar-refractivity contribution in [1.82, 2.24) is 5.32 Å². The highest BCUT2D eigenvalue weighted by molar-refractivity contribution is 9.10. The number of para-hydroxylation sites is 1. The summed E-state index contributed by atoms with van der Waals surface area (Å²) in [6.45, 7) is 4.77. The Balaban J connectivity index is 1.54.